The zero-order valence-corrected chi connectivity index (χ0v) is 67.3. The summed E-state index contributed by atoms with van der Waals surface area (Å²) < 4.78 is 16.4. The highest BCUT2D eigenvalue weighted by atomic mass is 16.3. The van der Waals surface area contributed by atoms with Crippen LogP contribution >= 0.6 is 0 Å². The van der Waals surface area contributed by atoms with E-state index in [1.54, 1.807) is 0 Å². The van der Waals surface area contributed by atoms with E-state index in [-0.39, 0.29) is 0 Å². The van der Waals surface area contributed by atoms with E-state index in [9.17, 15) is 0 Å². The van der Waals surface area contributed by atoms with Gasteiger partial charge in [-0.25, -0.2) is 19.9 Å². The van der Waals surface area contributed by atoms with Gasteiger partial charge in [0.05, 0.1) is 55.5 Å². The number of hydrogen-bond donors (Lipinski definition) is 0. The number of aromatic nitrogens is 8. The van der Waals surface area contributed by atoms with Crippen molar-refractivity contribution in [1.29, 1.82) is 0 Å². The van der Waals surface area contributed by atoms with E-state index < -0.39 is 5.41 Å². The van der Waals surface area contributed by atoms with Gasteiger partial charge < -0.3 is 13.6 Å². The standard InChI is InChI=1S/C115H68N8O/c1-115(2)93-42-22-19-40-86(93)110-107(115)108(116-113(118-110)122-97-55-51-83-77-35-14-13-33-75(77)76-34-17-18-39-82(76)103(83)105(97)91-58-65-25-9-11-27-67(65)62-100(91)122)71-47-53-96-90(60-71)81-49-45-70(64-99(81)121(96)74-31-7-4-8-32-74)69-46-50-85-88(57-69)79-37-16-15-36-78(79)84-52-56-98-106(104(84)85)92-59-66-26-10-12-28-68(66)63-101(92)123(98)114-117-109(112-111(119-114)87-41-21-24-44-102(87)124-112)72-48-54-95-89(61-72)80-38-20-23-43-94(80)120(95)73-29-5-3-6-30-73/h3-64H,1-2H3. The summed E-state index contributed by atoms with van der Waals surface area (Å²) in [6, 6.07) is 138. The van der Waals surface area contributed by atoms with Gasteiger partial charge in [0.1, 0.15) is 16.8 Å². The average Bonchev–Trinajstić information content (AvgIpc) is 1.54. The van der Waals surface area contributed by atoms with E-state index in [0.717, 1.165) is 182 Å². The molecule has 124 heavy (non-hydrogen) atoms. The maximum atomic E-state index is 6.93. The van der Waals surface area contributed by atoms with Gasteiger partial charge in [0.2, 0.25) is 11.9 Å². The molecular weight excluding hydrogens is 1510 g/mol. The molecule has 1 aliphatic carbocycles. The van der Waals surface area contributed by atoms with Crippen LogP contribution in [0.4, 0.5) is 0 Å². The summed E-state index contributed by atoms with van der Waals surface area (Å²) in [6.07, 6.45) is 0. The Morgan fingerprint density at radius 3 is 1.23 bits per heavy atom. The number of nitrogens with zero attached hydrogens (tertiary/aromatic N) is 8. The van der Waals surface area contributed by atoms with Gasteiger partial charge in [-0.3, -0.25) is 9.13 Å². The summed E-state index contributed by atoms with van der Waals surface area (Å²) in [6.45, 7) is 4.70. The van der Waals surface area contributed by atoms with Gasteiger partial charge in [-0.1, -0.05) is 275 Å². The van der Waals surface area contributed by atoms with Gasteiger partial charge in [0, 0.05) is 98.3 Å². The zero-order valence-electron chi connectivity index (χ0n) is 67.3. The van der Waals surface area contributed by atoms with E-state index in [1.807, 2.05) is 12.1 Å². The van der Waals surface area contributed by atoms with E-state index in [0.29, 0.717) is 17.5 Å². The lowest BCUT2D eigenvalue weighted by molar-refractivity contribution is 0.657. The Kier molecular flexibility index (Phi) is 13.6. The SMILES string of the molecule is CC1(C)c2ccccc2-c2nc(-n3c4cc5ccccc5cc4c4c5c6ccccc6c6ccccc6c5ccc43)nc(-c3ccc4c(c3)c3ccc(-c5ccc6c(c5)c5ccccc5c5ccc7c(c8cc9ccccc9cc8n7-c7nc(-c8ccc9c(c8)c8ccccc8n9-c8ccccc8)c8oc9ccccc9c8n7)c56)cc3n4-c3ccccc3)c21. The maximum absolute atomic E-state index is 6.93. The molecule has 574 valence electrons. The molecule has 27 aromatic rings. The second-order valence-electron chi connectivity index (χ2n) is 34.2. The lowest BCUT2D eigenvalue weighted by atomic mass is 9.81. The van der Waals surface area contributed by atoms with Crippen molar-refractivity contribution in [3.05, 3.63) is 387 Å². The van der Waals surface area contributed by atoms with Gasteiger partial charge in [0.15, 0.2) is 5.58 Å². The Hall–Kier alpha value is -16.4. The molecule has 7 aromatic heterocycles. The monoisotopic (exact) mass is 1580 g/mol. The molecule has 0 aliphatic heterocycles. The average molecular weight is 1580 g/mol. The lowest BCUT2D eigenvalue weighted by Gasteiger charge is -2.24. The van der Waals surface area contributed by atoms with Crippen LogP contribution in [0.1, 0.15) is 25.0 Å². The van der Waals surface area contributed by atoms with E-state index in [4.69, 9.17) is 24.4 Å². The molecule has 7 heterocycles. The molecule has 0 radical (unpaired) electrons. The normalized spacial score (nSPS) is 13.0. The smallest absolute Gasteiger partial charge is 0.236 e. The van der Waals surface area contributed by atoms with Crippen molar-refractivity contribution < 1.29 is 4.42 Å². The minimum absolute atomic E-state index is 0.440. The van der Waals surface area contributed by atoms with Crippen LogP contribution in [0.3, 0.4) is 0 Å². The summed E-state index contributed by atoms with van der Waals surface area (Å²) in [5.74, 6) is 1.19. The fourth-order valence-electron chi connectivity index (χ4n) is 22.0. The number of furan rings is 1. The number of hydrogen-bond acceptors (Lipinski definition) is 5. The number of para-hydroxylation sites is 4. The molecule has 0 spiro atoms. The summed E-state index contributed by atoms with van der Waals surface area (Å²) in [5, 5.41) is 29.2. The molecular formula is C115H68N8O. The van der Waals surface area contributed by atoms with Crippen LogP contribution in [0, 0.1) is 0 Å². The first-order chi connectivity index (χ1) is 61.3. The van der Waals surface area contributed by atoms with Crippen molar-refractivity contribution in [2.45, 2.75) is 19.3 Å². The fraction of sp³-hybridized carbons (Fsp3) is 0.0261. The first-order valence-electron chi connectivity index (χ1n) is 42.7. The molecule has 0 atom stereocenters. The van der Waals surface area contributed by atoms with Crippen molar-refractivity contribution in [2.24, 2.45) is 0 Å². The predicted octanol–water partition coefficient (Wildman–Crippen LogP) is 30.1. The maximum Gasteiger partial charge on any atom is 0.236 e. The zero-order chi connectivity index (χ0) is 81.1. The van der Waals surface area contributed by atoms with E-state index in [2.05, 4.69) is 396 Å². The highest BCUT2D eigenvalue weighted by Crippen LogP contribution is 2.54. The second-order valence-corrected chi connectivity index (χ2v) is 34.2. The van der Waals surface area contributed by atoms with E-state index >= 15 is 0 Å². The number of benzene rings is 20. The van der Waals surface area contributed by atoms with Gasteiger partial charge in [-0.15, -0.1) is 0 Å². The molecule has 0 fully saturated rings. The molecule has 1 aliphatic rings. The quantitative estimate of drug-likeness (QED) is 0.148. The lowest BCUT2D eigenvalue weighted by Crippen LogP contribution is -2.18. The first kappa shape index (κ1) is 67.5. The Morgan fingerprint density at radius 1 is 0.234 bits per heavy atom. The van der Waals surface area contributed by atoms with Crippen molar-refractivity contribution >= 4 is 195 Å². The molecule has 0 saturated heterocycles. The summed E-state index contributed by atoms with van der Waals surface area (Å²) in [5.41, 5.74) is 22.8. The Bertz CT molecular complexity index is 9450. The van der Waals surface area contributed by atoms with Gasteiger partial charge in [-0.2, -0.15) is 0 Å². The molecule has 20 aromatic carbocycles. The summed E-state index contributed by atoms with van der Waals surface area (Å²) in [4.78, 5) is 23.3. The first-order valence-corrected chi connectivity index (χ1v) is 42.7. The molecule has 0 amide bonds. The summed E-state index contributed by atoms with van der Waals surface area (Å²) >= 11 is 0. The van der Waals surface area contributed by atoms with Crippen molar-refractivity contribution in [3.63, 3.8) is 0 Å². The molecule has 9 nitrogen and oxygen atoms in total. The largest absolute Gasteiger partial charge is 0.452 e. The van der Waals surface area contributed by atoms with Gasteiger partial charge in [-0.05, 0) is 207 Å². The number of fused-ring (bicyclic) bond motifs is 34. The third-order valence-corrected chi connectivity index (χ3v) is 27.4. The van der Waals surface area contributed by atoms with Crippen molar-refractivity contribution in [2.75, 3.05) is 0 Å². The number of rotatable bonds is 7. The minimum atomic E-state index is -0.440. The molecule has 0 saturated carbocycles. The van der Waals surface area contributed by atoms with Crippen LogP contribution in [0.5, 0.6) is 0 Å². The minimum Gasteiger partial charge on any atom is -0.452 e. The summed E-state index contributed by atoms with van der Waals surface area (Å²) in [7, 11) is 0. The Labute approximate surface area is 708 Å². The van der Waals surface area contributed by atoms with Crippen LogP contribution in [0.25, 0.3) is 264 Å². The van der Waals surface area contributed by atoms with Crippen LogP contribution in [0.15, 0.2) is 381 Å². The molecule has 0 N–H and O–H groups in total. The van der Waals surface area contributed by atoms with Crippen LogP contribution < -0.4 is 0 Å². The van der Waals surface area contributed by atoms with Crippen molar-refractivity contribution in [3.8, 4) is 68.2 Å². The van der Waals surface area contributed by atoms with Gasteiger partial charge in [0.25, 0.3) is 0 Å². The topological polar surface area (TPSA) is 84.4 Å². The third-order valence-electron chi connectivity index (χ3n) is 27.4. The highest BCUT2D eigenvalue weighted by Gasteiger charge is 2.41. The third kappa shape index (κ3) is 9.25. The highest BCUT2D eigenvalue weighted by molar-refractivity contribution is 6.38. The predicted molar refractivity (Wildman–Crippen MR) is 516 cm³/mol. The molecule has 0 bridgehead atoms. The molecule has 0 unspecified atom stereocenters. The molecule has 28 rings (SSSR count). The molecule has 9 heteroatoms. The van der Waals surface area contributed by atoms with Crippen LogP contribution in [0.2, 0.25) is 0 Å². The Balaban J connectivity index is 0.642. The Morgan fingerprint density at radius 2 is 0.621 bits per heavy atom. The van der Waals surface area contributed by atoms with Crippen LogP contribution in [-0.2, 0) is 5.41 Å². The van der Waals surface area contributed by atoms with Crippen LogP contribution in [-0.4, -0.2) is 38.2 Å². The van der Waals surface area contributed by atoms with Gasteiger partial charge >= 0.3 is 0 Å². The van der Waals surface area contributed by atoms with E-state index in [1.165, 1.54) is 75.6 Å². The second kappa shape index (κ2) is 24.9. The van der Waals surface area contributed by atoms with Crippen molar-refractivity contribution in [1.82, 2.24) is 38.2 Å². The fourth-order valence-corrected chi connectivity index (χ4v) is 22.0.